The third-order valence-electron chi connectivity index (χ3n) is 13.7. The summed E-state index contributed by atoms with van der Waals surface area (Å²) in [5.41, 5.74) is 16.5. The highest BCUT2D eigenvalue weighted by Gasteiger charge is 2.37. The second-order valence-electron chi connectivity index (χ2n) is 17.7. The Hall–Kier alpha value is -8.14. The first-order chi connectivity index (χ1) is 31.5. The van der Waals surface area contributed by atoms with Crippen LogP contribution in [0.5, 0.6) is 0 Å². The topological polar surface area (TPSA) is 38.9 Å². The van der Waals surface area contributed by atoms with Crippen LogP contribution in [-0.4, -0.2) is 9.97 Å². The zero-order chi connectivity index (χ0) is 42.5. The van der Waals surface area contributed by atoms with E-state index in [0.717, 1.165) is 66.7 Å². The van der Waals surface area contributed by atoms with Crippen molar-refractivity contribution in [1.29, 1.82) is 0 Å². The third-order valence-corrected chi connectivity index (χ3v) is 13.7. The van der Waals surface area contributed by atoms with E-state index in [0.29, 0.717) is 5.82 Å². The summed E-state index contributed by atoms with van der Waals surface area (Å²) in [6.07, 6.45) is 0. The average Bonchev–Trinajstić information content (AvgIpc) is 3.84. The van der Waals surface area contributed by atoms with Gasteiger partial charge in [0, 0.05) is 32.9 Å². The Morgan fingerprint density at radius 1 is 0.359 bits per heavy atom. The van der Waals surface area contributed by atoms with Crippen molar-refractivity contribution in [3.63, 3.8) is 0 Å². The first-order valence-corrected chi connectivity index (χ1v) is 22.1. The van der Waals surface area contributed by atoms with E-state index >= 15 is 0 Å². The van der Waals surface area contributed by atoms with Crippen LogP contribution < -0.4 is 0 Å². The molecule has 0 amide bonds. The second kappa shape index (κ2) is 13.9. The highest BCUT2D eigenvalue weighted by molar-refractivity contribution is 6.19. The number of furan rings is 1. The summed E-state index contributed by atoms with van der Waals surface area (Å²) in [6, 6.07) is 74.3. The largest absolute Gasteiger partial charge is 0.456 e. The van der Waals surface area contributed by atoms with Gasteiger partial charge in [-0.25, -0.2) is 9.97 Å². The van der Waals surface area contributed by atoms with Crippen molar-refractivity contribution >= 4 is 54.3 Å². The van der Waals surface area contributed by atoms with E-state index in [9.17, 15) is 0 Å². The van der Waals surface area contributed by atoms with Crippen molar-refractivity contribution in [3.05, 3.63) is 217 Å². The van der Waals surface area contributed by atoms with Crippen molar-refractivity contribution in [1.82, 2.24) is 9.97 Å². The summed E-state index contributed by atoms with van der Waals surface area (Å²) in [7, 11) is 0. The lowest BCUT2D eigenvalue weighted by Gasteiger charge is -2.22. The fourth-order valence-corrected chi connectivity index (χ4v) is 10.5. The molecular formula is C61H40N2O. The van der Waals surface area contributed by atoms with Gasteiger partial charge in [0.1, 0.15) is 11.2 Å². The van der Waals surface area contributed by atoms with Crippen LogP contribution in [0.2, 0.25) is 0 Å². The number of nitrogens with zero attached hydrogens (tertiary/aromatic N) is 2. The molecule has 0 N–H and O–H groups in total. The highest BCUT2D eigenvalue weighted by Crippen LogP contribution is 2.53. The van der Waals surface area contributed by atoms with Crippen molar-refractivity contribution in [3.8, 4) is 67.3 Å². The van der Waals surface area contributed by atoms with Gasteiger partial charge < -0.3 is 4.42 Å². The zero-order valence-electron chi connectivity index (χ0n) is 35.4. The van der Waals surface area contributed by atoms with E-state index in [1.807, 2.05) is 6.07 Å². The number of fused-ring (bicyclic) bond motifs is 10. The lowest BCUT2D eigenvalue weighted by atomic mass is 9.81. The molecule has 1 aliphatic rings. The molecule has 0 aliphatic heterocycles. The predicted molar refractivity (Wildman–Crippen MR) is 267 cm³/mol. The lowest BCUT2D eigenvalue weighted by Crippen LogP contribution is -2.14. The van der Waals surface area contributed by atoms with E-state index < -0.39 is 0 Å². The Morgan fingerprint density at radius 2 is 0.984 bits per heavy atom. The zero-order valence-corrected chi connectivity index (χ0v) is 35.4. The van der Waals surface area contributed by atoms with Gasteiger partial charge in [-0.2, -0.15) is 0 Å². The van der Waals surface area contributed by atoms with E-state index in [-0.39, 0.29) is 5.41 Å². The first kappa shape index (κ1) is 36.5. The summed E-state index contributed by atoms with van der Waals surface area (Å²) >= 11 is 0. The van der Waals surface area contributed by atoms with Gasteiger partial charge >= 0.3 is 0 Å². The Balaban J connectivity index is 0.930. The molecule has 13 rings (SSSR count). The van der Waals surface area contributed by atoms with Crippen LogP contribution in [0.1, 0.15) is 25.0 Å². The Labute approximate surface area is 371 Å². The molecule has 300 valence electrons. The van der Waals surface area contributed by atoms with Gasteiger partial charge in [0.25, 0.3) is 0 Å². The predicted octanol–water partition coefficient (Wildman–Crippen LogP) is 16.5. The molecule has 1 aliphatic carbocycles. The number of rotatable bonds is 5. The van der Waals surface area contributed by atoms with Crippen LogP contribution in [0.25, 0.3) is 122 Å². The van der Waals surface area contributed by atoms with Crippen LogP contribution in [0, 0.1) is 0 Å². The maximum Gasteiger partial charge on any atom is 0.160 e. The summed E-state index contributed by atoms with van der Waals surface area (Å²) in [5.74, 6) is 0.709. The minimum atomic E-state index is -0.162. The van der Waals surface area contributed by atoms with Crippen LogP contribution in [0.4, 0.5) is 0 Å². The average molecular weight is 817 g/mol. The van der Waals surface area contributed by atoms with Gasteiger partial charge in [0.05, 0.1) is 11.4 Å². The molecule has 0 radical (unpaired) electrons. The fourth-order valence-electron chi connectivity index (χ4n) is 10.5. The van der Waals surface area contributed by atoms with Gasteiger partial charge in [0.2, 0.25) is 0 Å². The van der Waals surface area contributed by atoms with Gasteiger partial charge in [-0.3, -0.25) is 0 Å². The molecule has 0 saturated heterocycles. The summed E-state index contributed by atoms with van der Waals surface area (Å²) in [5, 5.41) is 9.56. The van der Waals surface area contributed by atoms with Gasteiger partial charge in [0.15, 0.2) is 5.82 Å². The van der Waals surface area contributed by atoms with Crippen molar-refractivity contribution in [2.45, 2.75) is 19.3 Å². The maximum atomic E-state index is 6.31. The van der Waals surface area contributed by atoms with Crippen LogP contribution in [0.15, 0.2) is 211 Å². The molecule has 0 saturated carbocycles. The molecule has 0 unspecified atom stereocenters. The monoisotopic (exact) mass is 816 g/mol. The normalized spacial score (nSPS) is 13.0. The molecule has 10 aromatic carbocycles. The highest BCUT2D eigenvalue weighted by atomic mass is 16.3. The van der Waals surface area contributed by atoms with E-state index in [2.05, 4.69) is 214 Å². The van der Waals surface area contributed by atoms with E-state index in [4.69, 9.17) is 14.4 Å². The Bertz CT molecular complexity index is 3860. The number of benzene rings is 10. The Kier molecular flexibility index (Phi) is 7.95. The van der Waals surface area contributed by atoms with Crippen LogP contribution >= 0.6 is 0 Å². The van der Waals surface area contributed by atoms with E-state index in [1.54, 1.807) is 0 Å². The minimum absolute atomic E-state index is 0.162. The maximum absolute atomic E-state index is 6.31. The summed E-state index contributed by atoms with van der Waals surface area (Å²) in [6.45, 7) is 4.70. The molecule has 2 heterocycles. The minimum Gasteiger partial charge on any atom is -0.456 e. The molecule has 3 heteroatoms. The Morgan fingerprint density at radius 3 is 1.78 bits per heavy atom. The summed E-state index contributed by atoms with van der Waals surface area (Å²) in [4.78, 5) is 10.7. The number of hydrogen-bond acceptors (Lipinski definition) is 3. The van der Waals surface area contributed by atoms with E-state index in [1.165, 1.54) is 60.1 Å². The molecule has 0 bridgehead atoms. The molecule has 0 fully saturated rings. The molecular weight excluding hydrogens is 777 g/mol. The fraction of sp³-hybridized carbons (Fsp3) is 0.0492. The van der Waals surface area contributed by atoms with Crippen molar-refractivity contribution < 1.29 is 4.42 Å². The summed E-state index contributed by atoms with van der Waals surface area (Å²) < 4.78 is 6.31. The first-order valence-electron chi connectivity index (χ1n) is 22.1. The number of aromatic nitrogens is 2. The third kappa shape index (κ3) is 5.60. The lowest BCUT2D eigenvalue weighted by molar-refractivity contribution is 0.661. The van der Waals surface area contributed by atoms with Crippen molar-refractivity contribution in [2.75, 3.05) is 0 Å². The molecule has 0 spiro atoms. The van der Waals surface area contributed by atoms with Crippen LogP contribution in [-0.2, 0) is 5.41 Å². The molecule has 12 aromatic rings. The SMILES string of the molecule is CC1(C)c2cc3ccccc3cc2-c2c(-c3cc(-c4ccc(-c5ccc(-c6ccc7oc8ccc9ccccc9c8c7c6)cc5)c5ccccc45)nc(-c4ccccc4)n3)cccc21. The molecule has 64 heavy (non-hydrogen) atoms. The van der Waals surface area contributed by atoms with Gasteiger partial charge in [-0.15, -0.1) is 0 Å². The van der Waals surface area contributed by atoms with Crippen LogP contribution in [0.3, 0.4) is 0 Å². The van der Waals surface area contributed by atoms with Gasteiger partial charge in [-0.1, -0.05) is 184 Å². The smallest absolute Gasteiger partial charge is 0.160 e. The van der Waals surface area contributed by atoms with Gasteiger partial charge in [-0.05, 0) is 113 Å². The number of hydrogen-bond donors (Lipinski definition) is 0. The molecule has 2 aromatic heterocycles. The molecule has 0 atom stereocenters. The second-order valence-corrected chi connectivity index (χ2v) is 17.7. The standard InChI is InChI=1S/C61H40N2O/c1-61(2)52-22-12-21-49(58(52)50-33-41-16-6-7-17-42(41)35-53(50)61)55-36-54(62-60(63-55)40-14-4-3-5-15-40)48-30-29-44(46-19-10-11-20-47(46)48)39-25-23-37(24-26-39)43-28-31-56-51(34-43)59-45-18-9-8-13-38(45)27-32-57(59)64-56/h3-36H,1-2H3. The molecule has 3 nitrogen and oxygen atoms in total. The van der Waals surface area contributed by atoms with Crippen molar-refractivity contribution in [2.24, 2.45) is 0 Å². The quantitative estimate of drug-likeness (QED) is 0.174.